The van der Waals surface area contributed by atoms with Crippen LogP contribution in [0.4, 0.5) is 14.5 Å². The molecule has 1 N–H and O–H groups in total. The molecule has 3 rings (SSSR count). The molecule has 0 amide bonds. The molecule has 23 heavy (non-hydrogen) atoms. The van der Waals surface area contributed by atoms with Crippen molar-refractivity contribution in [2.45, 2.75) is 38.4 Å². The number of rotatable bonds is 6. The lowest BCUT2D eigenvalue weighted by Crippen LogP contribution is -2.39. The van der Waals surface area contributed by atoms with E-state index in [9.17, 15) is 8.78 Å². The van der Waals surface area contributed by atoms with E-state index < -0.39 is 11.6 Å². The third-order valence-corrected chi connectivity index (χ3v) is 4.31. The molecular weight excluding hydrogens is 298 g/mol. The van der Waals surface area contributed by atoms with Crippen LogP contribution in [-0.4, -0.2) is 35.0 Å². The molecule has 1 fully saturated rings. The zero-order chi connectivity index (χ0) is 16.2. The first-order valence-electron chi connectivity index (χ1n) is 8.05. The fourth-order valence-corrected chi connectivity index (χ4v) is 3.10. The summed E-state index contributed by atoms with van der Waals surface area (Å²) >= 11 is 0. The number of aromatic nitrogens is 2. The lowest BCUT2D eigenvalue weighted by molar-refractivity contribution is 0.415. The largest absolute Gasteiger partial charge is 0.368 e. The molecule has 0 saturated carbocycles. The van der Waals surface area contributed by atoms with Crippen molar-refractivity contribution >= 4 is 5.69 Å². The first kappa shape index (κ1) is 15.9. The minimum Gasteiger partial charge on any atom is -0.368 e. The van der Waals surface area contributed by atoms with E-state index in [4.69, 9.17) is 0 Å². The van der Waals surface area contributed by atoms with Crippen molar-refractivity contribution in [1.29, 1.82) is 0 Å². The highest BCUT2D eigenvalue weighted by molar-refractivity contribution is 5.49. The van der Waals surface area contributed by atoms with Crippen molar-refractivity contribution in [1.82, 2.24) is 15.1 Å². The maximum atomic E-state index is 13.9. The Bertz CT molecular complexity index is 630. The van der Waals surface area contributed by atoms with Gasteiger partial charge in [0.05, 0.1) is 5.69 Å². The molecule has 2 aromatic rings. The molecule has 2 unspecified atom stereocenters. The first-order valence-corrected chi connectivity index (χ1v) is 8.05. The van der Waals surface area contributed by atoms with Crippen LogP contribution in [0.25, 0.3) is 0 Å². The predicted molar refractivity (Wildman–Crippen MR) is 86.4 cm³/mol. The van der Waals surface area contributed by atoms with Gasteiger partial charge in [-0.25, -0.2) is 8.78 Å². The normalized spacial score (nSPS) is 19.3. The van der Waals surface area contributed by atoms with Gasteiger partial charge in [-0.3, -0.25) is 4.68 Å². The summed E-state index contributed by atoms with van der Waals surface area (Å²) in [7, 11) is 0. The summed E-state index contributed by atoms with van der Waals surface area (Å²) in [6, 6.07) is 6.39. The van der Waals surface area contributed by atoms with E-state index in [0.29, 0.717) is 17.8 Å². The number of benzene rings is 1. The number of nitrogens with zero attached hydrogens (tertiary/aromatic N) is 3. The van der Waals surface area contributed by atoms with Gasteiger partial charge in [-0.05, 0) is 38.0 Å². The van der Waals surface area contributed by atoms with Crippen molar-refractivity contribution in [2.75, 3.05) is 18.0 Å². The lowest BCUT2D eigenvalue weighted by atomic mass is 10.2. The fourth-order valence-electron chi connectivity index (χ4n) is 3.10. The average Bonchev–Trinajstić information content (AvgIpc) is 3.17. The van der Waals surface area contributed by atoms with Crippen LogP contribution in [0.5, 0.6) is 0 Å². The van der Waals surface area contributed by atoms with Gasteiger partial charge >= 0.3 is 0 Å². The van der Waals surface area contributed by atoms with Gasteiger partial charge in [0.2, 0.25) is 0 Å². The predicted octanol–water partition coefficient (Wildman–Crippen LogP) is 2.81. The van der Waals surface area contributed by atoms with Gasteiger partial charge in [0.1, 0.15) is 11.6 Å². The van der Waals surface area contributed by atoms with E-state index >= 15 is 0 Å². The molecule has 2 heterocycles. The highest BCUT2D eigenvalue weighted by atomic mass is 19.1. The van der Waals surface area contributed by atoms with Crippen LogP contribution in [0.3, 0.4) is 0 Å². The van der Waals surface area contributed by atoms with Crippen molar-refractivity contribution in [3.8, 4) is 0 Å². The molecule has 0 radical (unpaired) electrons. The topological polar surface area (TPSA) is 33.1 Å². The summed E-state index contributed by atoms with van der Waals surface area (Å²) in [6.07, 6.45) is 5.69. The fraction of sp³-hybridized carbons (Fsp3) is 0.471. The molecule has 1 aliphatic heterocycles. The molecule has 4 nitrogen and oxygen atoms in total. The van der Waals surface area contributed by atoms with Crippen LogP contribution in [-0.2, 0) is 6.54 Å². The van der Waals surface area contributed by atoms with E-state index in [1.165, 1.54) is 12.1 Å². The zero-order valence-corrected chi connectivity index (χ0v) is 13.3. The monoisotopic (exact) mass is 320 g/mol. The number of halogens is 2. The summed E-state index contributed by atoms with van der Waals surface area (Å²) < 4.78 is 28.8. The third kappa shape index (κ3) is 4.07. The number of aryl methyl sites for hydroxylation is 1. The maximum Gasteiger partial charge on any atom is 0.149 e. The molecule has 1 aliphatic rings. The Hall–Kier alpha value is -1.95. The molecule has 0 spiro atoms. The minimum absolute atomic E-state index is 0.326. The highest BCUT2D eigenvalue weighted by Gasteiger charge is 2.25. The second kappa shape index (κ2) is 7.08. The maximum absolute atomic E-state index is 13.9. The van der Waals surface area contributed by atoms with Crippen LogP contribution in [0.1, 0.15) is 19.8 Å². The Morgan fingerprint density at radius 1 is 1.39 bits per heavy atom. The molecule has 0 bridgehead atoms. The SMILES string of the molecule is CC(CCn1cccn1)NC1CCN(c2ccc(F)cc2F)C1. The van der Waals surface area contributed by atoms with Gasteiger partial charge < -0.3 is 10.2 Å². The third-order valence-electron chi connectivity index (χ3n) is 4.31. The number of nitrogens with one attached hydrogen (secondary N) is 1. The van der Waals surface area contributed by atoms with Gasteiger partial charge in [-0.1, -0.05) is 0 Å². The molecular formula is C17H22F2N4. The minimum atomic E-state index is -0.535. The Labute approximate surface area is 135 Å². The van der Waals surface area contributed by atoms with Crippen LogP contribution < -0.4 is 10.2 Å². The first-order chi connectivity index (χ1) is 11.1. The van der Waals surface area contributed by atoms with Crippen molar-refractivity contribution in [3.05, 3.63) is 48.3 Å². The van der Waals surface area contributed by atoms with Crippen molar-refractivity contribution in [3.63, 3.8) is 0 Å². The summed E-state index contributed by atoms with van der Waals surface area (Å²) in [6.45, 7) is 4.57. The van der Waals surface area contributed by atoms with E-state index in [1.54, 1.807) is 6.20 Å². The second-order valence-electron chi connectivity index (χ2n) is 6.15. The quantitative estimate of drug-likeness (QED) is 0.888. The standard InChI is InChI=1S/C17H22F2N4/c1-13(5-10-23-8-2-7-20-23)21-15-6-9-22(12-15)17-4-3-14(18)11-16(17)19/h2-4,7-8,11,13,15,21H,5-6,9-10,12H2,1H3. The molecule has 1 aromatic carbocycles. The van der Waals surface area contributed by atoms with Crippen LogP contribution in [0.15, 0.2) is 36.7 Å². The lowest BCUT2D eigenvalue weighted by Gasteiger charge is -2.22. The Morgan fingerprint density at radius 3 is 3.00 bits per heavy atom. The number of anilines is 1. The van der Waals surface area contributed by atoms with Crippen LogP contribution >= 0.6 is 0 Å². The smallest absolute Gasteiger partial charge is 0.149 e. The van der Waals surface area contributed by atoms with Crippen molar-refractivity contribution < 1.29 is 8.78 Å². The summed E-state index contributed by atoms with van der Waals surface area (Å²) in [5.41, 5.74) is 0.486. The summed E-state index contributed by atoms with van der Waals surface area (Å²) in [5, 5.41) is 7.79. The van der Waals surface area contributed by atoms with Gasteiger partial charge in [0, 0.05) is 50.2 Å². The Balaban J connectivity index is 1.49. The van der Waals surface area contributed by atoms with Gasteiger partial charge in [-0.15, -0.1) is 0 Å². The Kier molecular flexibility index (Phi) is 4.91. The van der Waals surface area contributed by atoms with Crippen LogP contribution in [0, 0.1) is 11.6 Å². The van der Waals surface area contributed by atoms with Gasteiger partial charge in [0.25, 0.3) is 0 Å². The zero-order valence-electron chi connectivity index (χ0n) is 13.3. The summed E-state index contributed by atoms with van der Waals surface area (Å²) in [5.74, 6) is -1.02. The molecule has 6 heteroatoms. The van der Waals surface area contributed by atoms with E-state index in [1.807, 2.05) is 21.8 Å². The van der Waals surface area contributed by atoms with E-state index in [0.717, 1.165) is 38.5 Å². The molecule has 2 atom stereocenters. The molecule has 0 aliphatic carbocycles. The molecule has 124 valence electrons. The second-order valence-corrected chi connectivity index (χ2v) is 6.15. The number of hydrogen-bond donors (Lipinski definition) is 1. The number of hydrogen-bond acceptors (Lipinski definition) is 3. The van der Waals surface area contributed by atoms with Gasteiger partial charge in [-0.2, -0.15) is 5.10 Å². The van der Waals surface area contributed by atoms with Crippen molar-refractivity contribution in [2.24, 2.45) is 0 Å². The van der Waals surface area contributed by atoms with E-state index in [2.05, 4.69) is 17.3 Å². The van der Waals surface area contributed by atoms with Crippen LogP contribution in [0.2, 0.25) is 0 Å². The molecule has 1 saturated heterocycles. The van der Waals surface area contributed by atoms with Gasteiger partial charge in [0.15, 0.2) is 0 Å². The highest BCUT2D eigenvalue weighted by Crippen LogP contribution is 2.24. The molecule has 1 aromatic heterocycles. The Morgan fingerprint density at radius 2 is 2.26 bits per heavy atom. The average molecular weight is 320 g/mol. The summed E-state index contributed by atoms with van der Waals surface area (Å²) in [4.78, 5) is 1.98. The van der Waals surface area contributed by atoms with E-state index in [-0.39, 0.29) is 0 Å².